The first-order chi connectivity index (χ1) is 10.5. The Morgan fingerprint density at radius 3 is 2.36 bits per heavy atom. The molecule has 1 amide bonds. The molecule has 0 saturated heterocycles. The van der Waals surface area contributed by atoms with Crippen LogP contribution in [0.4, 0.5) is 5.69 Å². The number of carbonyl (C=O) groups excluding carboxylic acids is 1. The summed E-state index contributed by atoms with van der Waals surface area (Å²) in [6, 6.07) is 7.18. The number of anilines is 1. The molecule has 0 radical (unpaired) electrons. The largest absolute Gasteiger partial charge is 0.494 e. The van der Waals surface area contributed by atoms with Gasteiger partial charge in [-0.1, -0.05) is 20.3 Å². The van der Waals surface area contributed by atoms with E-state index in [1.807, 2.05) is 13.8 Å². The standard InChI is InChI=1S/C17H25NO4/c1-4-6-7-16(19)18(12-13(3)17(20)21)14-8-10-15(11-9-14)22-5-2/h8-11,13H,4-7,12H2,1-3H3,(H,20,21). The summed E-state index contributed by atoms with van der Waals surface area (Å²) in [6.07, 6.45) is 2.15. The number of ether oxygens (including phenoxy) is 1. The second-order valence-electron chi connectivity index (χ2n) is 5.27. The molecule has 0 aliphatic rings. The molecule has 1 rings (SSSR count). The van der Waals surface area contributed by atoms with Gasteiger partial charge in [0.1, 0.15) is 5.75 Å². The van der Waals surface area contributed by atoms with Gasteiger partial charge < -0.3 is 14.7 Å². The minimum Gasteiger partial charge on any atom is -0.494 e. The van der Waals surface area contributed by atoms with Crippen LogP contribution in [0.3, 0.4) is 0 Å². The fourth-order valence-electron chi connectivity index (χ4n) is 2.06. The Morgan fingerprint density at radius 2 is 1.86 bits per heavy atom. The average Bonchev–Trinajstić information content (AvgIpc) is 2.51. The van der Waals surface area contributed by atoms with Gasteiger partial charge >= 0.3 is 5.97 Å². The predicted molar refractivity (Wildman–Crippen MR) is 86.3 cm³/mol. The summed E-state index contributed by atoms with van der Waals surface area (Å²) < 4.78 is 5.39. The van der Waals surface area contributed by atoms with E-state index in [2.05, 4.69) is 0 Å². The summed E-state index contributed by atoms with van der Waals surface area (Å²) >= 11 is 0. The van der Waals surface area contributed by atoms with Gasteiger partial charge in [-0.05, 0) is 37.6 Å². The number of carbonyl (C=O) groups is 2. The lowest BCUT2D eigenvalue weighted by Gasteiger charge is -2.25. The quantitative estimate of drug-likeness (QED) is 0.760. The van der Waals surface area contributed by atoms with Crippen molar-refractivity contribution in [2.45, 2.75) is 40.0 Å². The van der Waals surface area contributed by atoms with Crippen LogP contribution in [0.15, 0.2) is 24.3 Å². The van der Waals surface area contributed by atoms with E-state index in [0.29, 0.717) is 18.7 Å². The fraction of sp³-hybridized carbons (Fsp3) is 0.529. The average molecular weight is 307 g/mol. The van der Waals surface area contributed by atoms with E-state index in [1.165, 1.54) is 0 Å². The van der Waals surface area contributed by atoms with Gasteiger partial charge in [-0.15, -0.1) is 0 Å². The van der Waals surface area contributed by atoms with E-state index in [4.69, 9.17) is 9.84 Å². The summed E-state index contributed by atoms with van der Waals surface area (Å²) in [5.74, 6) is -0.825. The van der Waals surface area contributed by atoms with Crippen LogP contribution in [0.25, 0.3) is 0 Å². The Kier molecular flexibility index (Phi) is 7.43. The summed E-state index contributed by atoms with van der Waals surface area (Å²) in [5.41, 5.74) is 0.706. The van der Waals surface area contributed by atoms with Crippen molar-refractivity contribution >= 4 is 17.6 Å². The monoisotopic (exact) mass is 307 g/mol. The maximum atomic E-state index is 12.4. The molecule has 0 spiro atoms. The molecule has 1 unspecified atom stereocenters. The second kappa shape index (κ2) is 9.07. The molecule has 1 aromatic rings. The summed E-state index contributed by atoms with van der Waals surface area (Å²) in [7, 11) is 0. The minimum absolute atomic E-state index is 0.0425. The molecule has 0 saturated carbocycles. The van der Waals surface area contributed by atoms with Crippen molar-refractivity contribution in [2.75, 3.05) is 18.1 Å². The van der Waals surface area contributed by atoms with Crippen molar-refractivity contribution in [3.8, 4) is 5.75 Å². The maximum absolute atomic E-state index is 12.4. The van der Waals surface area contributed by atoms with Gasteiger partial charge in [0.25, 0.3) is 0 Å². The smallest absolute Gasteiger partial charge is 0.308 e. The van der Waals surface area contributed by atoms with E-state index in [-0.39, 0.29) is 12.5 Å². The molecular formula is C17H25NO4. The zero-order valence-corrected chi connectivity index (χ0v) is 13.5. The van der Waals surface area contributed by atoms with E-state index in [9.17, 15) is 9.59 Å². The second-order valence-corrected chi connectivity index (χ2v) is 5.27. The van der Waals surface area contributed by atoms with Crippen molar-refractivity contribution in [1.29, 1.82) is 0 Å². The van der Waals surface area contributed by atoms with E-state index < -0.39 is 11.9 Å². The Bertz CT molecular complexity index is 484. The van der Waals surface area contributed by atoms with Gasteiger partial charge in [0.05, 0.1) is 12.5 Å². The minimum atomic E-state index is -0.903. The summed E-state index contributed by atoms with van der Waals surface area (Å²) in [4.78, 5) is 25.0. The number of hydrogen-bond acceptors (Lipinski definition) is 3. The van der Waals surface area contributed by atoms with Crippen LogP contribution >= 0.6 is 0 Å². The third-order valence-electron chi connectivity index (χ3n) is 3.38. The summed E-state index contributed by atoms with van der Waals surface area (Å²) in [5, 5.41) is 9.09. The molecule has 5 nitrogen and oxygen atoms in total. The molecule has 0 heterocycles. The lowest BCUT2D eigenvalue weighted by atomic mass is 10.1. The van der Waals surface area contributed by atoms with Gasteiger partial charge in [-0.25, -0.2) is 0 Å². The van der Waals surface area contributed by atoms with Gasteiger partial charge in [-0.2, -0.15) is 0 Å². The van der Waals surface area contributed by atoms with Crippen LogP contribution < -0.4 is 9.64 Å². The van der Waals surface area contributed by atoms with Crippen LogP contribution in [0.2, 0.25) is 0 Å². The Balaban J connectivity index is 2.92. The van der Waals surface area contributed by atoms with Crippen molar-refractivity contribution in [1.82, 2.24) is 0 Å². The normalized spacial score (nSPS) is 11.8. The molecule has 0 bridgehead atoms. The van der Waals surface area contributed by atoms with Crippen molar-refractivity contribution < 1.29 is 19.4 Å². The maximum Gasteiger partial charge on any atom is 0.308 e. The number of carboxylic acid groups (broad SMARTS) is 1. The number of unbranched alkanes of at least 4 members (excludes halogenated alkanes) is 1. The first-order valence-corrected chi connectivity index (χ1v) is 7.75. The molecule has 1 aromatic carbocycles. The third-order valence-corrected chi connectivity index (χ3v) is 3.38. The number of nitrogens with zero attached hydrogens (tertiary/aromatic N) is 1. The summed E-state index contributed by atoms with van der Waals surface area (Å²) in [6.45, 7) is 6.29. The van der Waals surface area contributed by atoms with Crippen molar-refractivity contribution in [3.63, 3.8) is 0 Å². The number of rotatable bonds is 9. The van der Waals surface area contributed by atoms with Gasteiger partial charge in [-0.3, -0.25) is 9.59 Å². The molecular weight excluding hydrogens is 282 g/mol. The molecule has 1 N–H and O–H groups in total. The van der Waals surface area contributed by atoms with Crippen LogP contribution in [-0.4, -0.2) is 30.1 Å². The van der Waals surface area contributed by atoms with E-state index >= 15 is 0 Å². The first-order valence-electron chi connectivity index (χ1n) is 7.75. The number of hydrogen-bond donors (Lipinski definition) is 1. The highest BCUT2D eigenvalue weighted by atomic mass is 16.5. The van der Waals surface area contributed by atoms with E-state index in [1.54, 1.807) is 36.1 Å². The molecule has 0 aliphatic heterocycles. The zero-order valence-electron chi connectivity index (χ0n) is 13.5. The topological polar surface area (TPSA) is 66.8 Å². The van der Waals surface area contributed by atoms with Crippen LogP contribution in [0.5, 0.6) is 5.75 Å². The highest BCUT2D eigenvalue weighted by Crippen LogP contribution is 2.22. The fourth-order valence-corrected chi connectivity index (χ4v) is 2.06. The highest BCUT2D eigenvalue weighted by Gasteiger charge is 2.21. The molecule has 122 valence electrons. The number of benzene rings is 1. The van der Waals surface area contributed by atoms with Crippen molar-refractivity contribution in [3.05, 3.63) is 24.3 Å². The van der Waals surface area contributed by atoms with Crippen LogP contribution in [0, 0.1) is 5.92 Å². The molecule has 0 fully saturated rings. The number of aliphatic carboxylic acids is 1. The number of amides is 1. The molecule has 22 heavy (non-hydrogen) atoms. The third kappa shape index (κ3) is 5.39. The molecule has 0 aliphatic carbocycles. The Morgan fingerprint density at radius 1 is 1.23 bits per heavy atom. The number of carboxylic acids is 1. The Labute approximate surface area is 131 Å². The Hall–Kier alpha value is -2.04. The van der Waals surface area contributed by atoms with Crippen LogP contribution in [-0.2, 0) is 9.59 Å². The molecule has 0 aromatic heterocycles. The van der Waals surface area contributed by atoms with Gasteiger partial charge in [0.2, 0.25) is 5.91 Å². The van der Waals surface area contributed by atoms with Crippen LogP contribution in [0.1, 0.15) is 40.0 Å². The highest BCUT2D eigenvalue weighted by molar-refractivity contribution is 5.94. The predicted octanol–water partition coefficient (Wildman–Crippen LogP) is 3.33. The molecule has 1 atom stereocenters. The zero-order chi connectivity index (χ0) is 16.5. The first kappa shape index (κ1) is 18.0. The van der Waals surface area contributed by atoms with Gasteiger partial charge in [0, 0.05) is 18.7 Å². The molecule has 5 heteroatoms. The van der Waals surface area contributed by atoms with Gasteiger partial charge in [0.15, 0.2) is 0 Å². The lowest BCUT2D eigenvalue weighted by molar-refractivity contribution is -0.140. The SMILES string of the molecule is CCCCC(=O)N(CC(C)C(=O)O)c1ccc(OCC)cc1. The van der Waals surface area contributed by atoms with E-state index in [0.717, 1.165) is 18.6 Å². The van der Waals surface area contributed by atoms with Crippen molar-refractivity contribution in [2.24, 2.45) is 5.92 Å². The lowest BCUT2D eigenvalue weighted by Crippen LogP contribution is -2.36.